The Morgan fingerprint density at radius 3 is 2.63 bits per heavy atom. The molecule has 0 spiro atoms. The molecule has 0 unspecified atom stereocenters. The van der Waals surface area contributed by atoms with Crippen molar-refractivity contribution in [3.63, 3.8) is 0 Å². The fourth-order valence-corrected chi connectivity index (χ4v) is 5.49. The summed E-state index contributed by atoms with van der Waals surface area (Å²) in [6.07, 6.45) is 6.87. The van der Waals surface area contributed by atoms with Crippen molar-refractivity contribution in [3.05, 3.63) is 40.6 Å². The van der Waals surface area contributed by atoms with Crippen LogP contribution in [0.1, 0.15) is 56.6 Å². The Kier molecular flexibility index (Phi) is 7.61. The number of carbonyl (C=O) groups excluding carboxylic acids is 1. The molecule has 0 radical (unpaired) electrons. The van der Waals surface area contributed by atoms with E-state index in [1.807, 2.05) is 0 Å². The summed E-state index contributed by atoms with van der Waals surface area (Å²) in [5.74, 6) is 0.316. The van der Waals surface area contributed by atoms with E-state index in [4.69, 9.17) is 4.74 Å². The Morgan fingerprint density at radius 1 is 1.18 bits per heavy atom. The van der Waals surface area contributed by atoms with Crippen LogP contribution in [0.3, 0.4) is 0 Å². The molecule has 3 aromatic heterocycles. The first-order valence-corrected chi connectivity index (χ1v) is 13.0. The number of fused-ring (bicyclic) bond motifs is 1. The topological polar surface area (TPSA) is 138 Å². The lowest BCUT2D eigenvalue weighted by molar-refractivity contribution is -0.386. The van der Waals surface area contributed by atoms with Crippen molar-refractivity contribution in [1.82, 2.24) is 24.4 Å². The maximum Gasteiger partial charge on any atom is 0.328 e. The van der Waals surface area contributed by atoms with Gasteiger partial charge in [0.2, 0.25) is 0 Å². The molecule has 3 aromatic rings. The third-order valence-corrected chi connectivity index (χ3v) is 7.59. The highest BCUT2D eigenvalue weighted by molar-refractivity contribution is 5.94. The standard InChI is InChI=1S/C26H33FN7O4/c1-28-20-11-22(32-24-23(20)29-14-34(24)26(37)30-17-4-3-16(27)10-17)31-21-9-15(13-35)12-33(25(21)36)18-5-7-19(38-2)8-6-18/h9,11-12,14,16-19H,3-8,10,13H2,1-2H3,(H,30,37)(H2,28,31,32)/q-1/t16-,17-,18?,19?/m1/s1. The highest BCUT2D eigenvalue weighted by Gasteiger charge is 2.27. The number of aromatic nitrogens is 4. The molecule has 38 heavy (non-hydrogen) atoms. The SMILES string of the molecule is CNc1cc(Nc2cc(C[O-])cn(C3CCC(OC)CC3)c2=O)nc2c1ncn2C(=O)N[C@@H]1CC[C@@H](F)C1. The Balaban J connectivity index is 1.46. The molecule has 2 atom stereocenters. The zero-order valence-electron chi connectivity index (χ0n) is 21.6. The lowest BCUT2D eigenvalue weighted by Gasteiger charge is -2.30. The summed E-state index contributed by atoms with van der Waals surface area (Å²) in [6, 6.07) is 2.54. The number of anilines is 3. The van der Waals surface area contributed by atoms with Crippen LogP contribution in [0, 0.1) is 0 Å². The van der Waals surface area contributed by atoms with Gasteiger partial charge in [0.25, 0.3) is 5.56 Å². The third kappa shape index (κ3) is 5.23. The molecule has 12 heteroatoms. The number of ether oxygens (including phenoxy) is 1. The van der Waals surface area contributed by atoms with E-state index in [1.54, 1.807) is 37.1 Å². The number of alkyl halides is 1. The van der Waals surface area contributed by atoms with Gasteiger partial charge in [0, 0.05) is 38.5 Å². The van der Waals surface area contributed by atoms with Crippen LogP contribution in [0.25, 0.3) is 11.2 Å². The zero-order valence-corrected chi connectivity index (χ0v) is 21.6. The first kappa shape index (κ1) is 26.1. The molecule has 2 fully saturated rings. The maximum absolute atomic E-state index is 13.6. The fraction of sp³-hybridized carbons (Fsp3) is 0.538. The average Bonchev–Trinajstić information content (AvgIpc) is 3.55. The minimum absolute atomic E-state index is 0.0195. The van der Waals surface area contributed by atoms with Gasteiger partial charge < -0.3 is 30.4 Å². The smallest absolute Gasteiger partial charge is 0.328 e. The van der Waals surface area contributed by atoms with Gasteiger partial charge in [-0.1, -0.05) is 0 Å². The van der Waals surface area contributed by atoms with Crippen LogP contribution in [0.5, 0.6) is 0 Å². The molecule has 204 valence electrons. The quantitative estimate of drug-likeness (QED) is 0.427. The highest BCUT2D eigenvalue weighted by atomic mass is 19.1. The summed E-state index contributed by atoms with van der Waals surface area (Å²) in [4.78, 5) is 35.4. The van der Waals surface area contributed by atoms with Gasteiger partial charge >= 0.3 is 6.03 Å². The molecule has 2 aliphatic rings. The van der Waals surface area contributed by atoms with Gasteiger partial charge in [-0.2, -0.15) is 0 Å². The summed E-state index contributed by atoms with van der Waals surface area (Å²) in [5.41, 5.74) is 1.84. The fourth-order valence-electron chi connectivity index (χ4n) is 5.49. The molecule has 0 aromatic carbocycles. The average molecular weight is 527 g/mol. The molecule has 2 aliphatic carbocycles. The van der Waals surface area contributed by atoms with Gasteiger partial charge in [0.15, 0.2) is 5.65 Å². The van der Waals surface area contributed by atoms with Crippen LogP contribution in [0.4, 0.5) is 26.4 Å². The van der Waals surface area contributed by atoms with Gasteiger partial charge in [0.05, 0.1) is 11.8 Å². The van der Waals surface area contributed by atoms with E-state index in [0.29, 0.717) is 35.4 Å². The molecule has 1 amide bonds. The first-order chi connectivity index (χ1) is 18.4. The van der Waals surface area contributed by atoms with Crippen LogP contribution >= 0.6 is 0 Å². The molecule has 0 saturated heterocycles. The zero-order chi connectivity index (χ0) is 26.8. The van der Waals surface area contributed by atoms with E-state index in [-0.39, 0.29) is 41.5 Å². The van der Waals surface area contributed by atoms with Crippen molar-refractivity contribution in [1.29, 1.82) is 0 Å². The molecule has 0 bridgehead atoms. The van der Waals surface area contributed by atoms with Gasteiger partial charge in [-0.15, -0.1) is 6.61 Å². The van der Waals surface area contributed by atoms with Crippen molar-refractivity contribution >= 4 is 34.4 Å². The van der Waals surface area contributed by atoms with E-state index in [0.717, 1.165) is 25.7 Å². The first-order valence-electron chi connectivity index (χ1n) is 13.0. The number of nitrogens with zero attached hydrogens (tertiary/aromatic N) is 4. The minimum Gasteiger partial charge on any atom is -0.851 e. The Labute approximate surface area is 219 Å². The van der Waals surface area contributed by atoms with Crippen molar-refractivity contribution in [3.8, 4) is 0 Å². The van der Waals surface area contributed by atoms with Crippen molar-refractivity contribution in [2.45, 2.75) is 75.9 Å². The predicted octanol–water partition coefficient (Wildman–Crippen LogP) is 2.82. The van der Waals surface area contributed by atoms with E-state index < -0.39 is 18.8 Å². The van der Waals surface area contributed by atoms with Crippen LogP contribution < -0.4 is 26.6 Å². The number of imidazole rings is 1. The number of hydrogen-bond donors (Lipinski definition) is 3. The molecule has 2 saturated carbocycles. The molecular formula is C26H33FN7O4-. The molecule has 0 aliphatic heterocycles. The number of methoxy groups -OCH3 is 1. The second-order valence-electron chi connectivity index (χ2n) is 10.1. The summed E-state index contributed by atoms with van der Waals surface area (Å²) in [6.45, 7) is -0.468. The second kappa shape index (κ2) is 11.1. The number of halogens is 1. The number of amides is 1. The summed E-state index contributed by atoms with van der Waals surface area (Å²) >= 11 is 0. The van der Waals surface area contributed by atoms with Crippen LogP contribution in [-0.2, 0) is 11.3 Å². The lowest BCUT2D eigenvalue weighted by atomic mass is 9.92. The number of hydrogen-bond acceptors (Lipinski definition) is 8. The normalized spacial score (nSPS) is 23.5. The monoisotopic (exact) mass is 526 g/mol. The van der Waals surface area contributed by atoms with E-state index in [1.165, 1.54) is 10.9 Å². The Morgan fingerprint density at radius 2 is 1.97 bits per heavy atom. The van der Waals surface area contributed by atoms with Gasteiger partial charge in [-0.3, -0.25) is 4.79 Å². The number of carbonyl (C=O) groups is 1. The molecule has 3 N–H and O–H groups in total. The van der Waals surface area contributed by atoms with E-state index >= 15 is 0 Å². The number of nitrogens with one attached hydrogen (secondary N) is 3. The Hall–Kier alpha value is -3.51. The summed E-state index contributed by atoms with van der Waals surface area (Å²) in [7, 11) is 3.42. The largest absolute Gasteiger partial charge is 0.851 e. The molecule has 11 nitrogen and oxygen atoms in total. The summed E-state index contributed by atoms with van der Waals surface area (Å²) < 4.78 is 22.0. The van der Waals surface area contributed by atoms with Gasteiger partial charge in [-0.05, 0) is 56.6 Å². The lowest BCUT2D eigenvalue weighted by Crippen LogP contribution is -2.36. The van der Waals surface area contributed by atoms with Crippen LogP contribution in [0.2, 0.25) is 0 Å². The number of rotatable bonds is 7. The predicted molar refractivity (Wildman–Crippen MR) is 140 cm³/mol. The van der Waals surface area contributed by atoms with Gasteiger partial charge in [-0.25, -0.2) is 23.7 Å². The van der Waals surface area contributed by atoms with Crippen LogP contribution in [-0.4, -0.2) is 57.6 Å². The number of pyridine rings is 2. The van der Waals surface area contributed by atoms with Crippen molar-refractivity contribution in [2.75, 3.05) is 24.8 Å². The van der Waals surface area contributed by atoms with Gasteiger partial charge in [0.1, 0.15) is 29.5 Å². The molecule has 3 heterocycles. The Bertz CT molecular complexity index is 1370. The second-order valence-corrected chi connectivity index (χ2v) is 10.1. The molecule has 5 rings (SSSR count). The summed E-state index contributed by atoms with van der Waals surface area (Å²) in [5, 5.41) is 20.8. The van der Waals surface area contributed by atoms with Crippen molar-refractivity contribution < 1.29 is 19.0 Å². The van der Waals surface area contributed by atoms with Crippen molar-refractivity contribution in [2.24, 2.45) is 0 Å². The molecular weight excluding hydrogens is 493 g/mol. The van der Waals surface area contributed by atoms with Crippen LogP contribution in [0.15, 0.2) is 29.5 Å². The minimum atomic E-state index is -0.909. The third-order valence-electron chi connectivity index (χ3n) is 7.59. The van der Waals surface area contributed by atoms with E-state index in [9.17, 15) is 19.1 Å². The highest BCUT2D eigenvalue weighted by Crippen LogP contribution is 2.30. The van der Waals surface area contributed by atoms with E-state index in [2.05, 4.69) is 25.9 Å². The maximum atomic E-state index is 13.6.